The van der Waals surface area contributed by atoms with E-state index in [2.05, 4.69) is 9.97 Å². The summed E-state index contributed by atoms with van der Waals surface area (Å²) in [7, 11) is 0. The Morgan fingerprint density at radius 2 is 1.61 bits per heavy atom. The van der Waals surface area contributed by atoms with Gasteiger partial charge in [0, 0.05) is 16.5 Å². The number of aromatic nitrogens is 2. The van der Waals surface area contributed by atoms with Crippen molar-refractivity contribution in [2.75, 3.05) is 0 Å². The lowest BCUT2D eigenvalue weighted by atomic mass is 10.1. The minimum absolute atomic E-state index is 0.287. The highest BCUT2D eigenvalue weighted by Crippen LogP contribution is 2.24. The Labute approximate surface area is 123 Å². The van der Waals surface area contributed by atoms with Crippen LogP contribution in [0.25, 0.3) is 0 Å². The van der Waals surface area contributed by atoms with E-state index in [1.807, 2.05) is 0 Å². The summed E-state index contributed by atoms with van der Waals surface area (Å²) in [4.78, 5) is 7.59. The molecule has 0 saturated heterocycles. The zero-order valence-electron chi connectivity index (χ0n) is 8.72. The Balaban J connectivity index is 2.34. The average molecular weight is 326 g/mol. The summed E-state index contributed by atoms with van der Waals surface area (Å²) in [6.45, 7) is 0. The Morgan fingerprint density at radius 3 is 2.17 bits per heavy atom. The first-order valence-electron chi connectivity index (χ1n) is 4.78. The normalized spacial score (nSPS) is 10.7. The molecule has 2 nitrogen and oxygen atoms in total. The van der Waals surface area contributed by atoms with E-state index in [0.29, 0.717) is 10.0 Å². The quantitative estimate of drug-likeness (QED) is 0.740. The number of hydrogen-bond donors (Lipinski definition) is 0. The summed E-state index contributed by atoms with van der Waals surface area (Å²) in [5.74, 6) is -0.542. The molecule has 7 heteroatoms. The summed E-state index contributed by atoms with van der Waals surface area (Å²) < 4.78 is 13.1. The van der Waals surface area contributed by atoms with Crippen molar-refractivity contribution in [3.63, 3.8) is 0 Å². The zero-order chi connectivity index (χ0) is 13.3. The molecular weight excluding hydrogens is 321 g/mol. The van der Waals surface area contributed by atoms with E-state index in [1.54, 1.807) is 18.2 Å². The van der Waals surface area contributed by atoms with Gasteiger partial charge in [-0.3, -0.25) is 0 Å². The SMILES string of the molecule is Fc1c(Cl)nc(Cc2ccc(Cl)cc2Cl)nc1Cl. The van der Waals surface area contributed by atoms with Gasteiger partial charge in [0.05, 0.1) is 0 Å². The van der Waals surface area contributed by atoms with Crippen molar-refractivity contribution < 1.29 is 4.39 Å². The lowest BCUT2D eigenvalue weighted by molar-refractivity contribution is 0.611. The molecule has 0 fully saturated rings. The van der Waals surface area contributed by atoms with E-state index in [0.717, 1.165) is 5.56 Å². The third-order valence-corrected chi connectivity index (χ3v) is 3.27. The van der Waals surface area contributed by atoms with E-state index in [-0.39, 0.29) is 22.6 Å². The van der Waals surface area contributed by atoms with Crippen LogP contribution in [0.1, 0.15) is 11.4 Å². The lowest BCUT2D eigenvalue weighted by Gasteiger charge is -2.05. The second-order valence-corrected chi connectivity index (χ2v) is 5.01. The van der Waals surface area contributed by atoms with Gasteiger partial charge in [-0.2, -0.15) is 0 Å². The van der Waals surface area contributed by atoms with Gasteiger partial charge in [0.2, 0.25) is 0 Å². The molecule has 2 aromatic rings. The molecule has 0 bridgehead atoms. The van der Waals surface area contributed by atoms with Gasteiger partial charge in [-0.1, -0.05) is 52.5 Å². The maximum Gasteiger partial charge on any atom is 0.197 e. The molecule has 1 heterocycles. The van der Waals surface area contributed by atoms with Crippen molar-refractivity contribution in [3.8, 4) is 0 Å². The van der Waals surface area contributed by atoms with Gasteiger partial charge >= 0.3 is 0 Å². The molecule has 0 N–H and O–H groups in total. The highest BCUT2D eigenvalue weighted by molar-refractivity contribution is 6.35. The first-order chi connectivity index (χ1) is 8.47. The summed E-state index contributed by atoms with van der Waals surface area (Å²) in [6, 6.07) is 5.03. The third-order valence-electron chi connectivity index (χ3n) is 2.18. The molecule has 0 saturated carbocycles. The van der Waals surface area contributed by atoms with Crippen LogP contribution in [0, 0.1) is 5.82 Å². The monoisotopic (exact) mass is 324 g/mol. The van der Waals surface area contributed by atoms with Crippen LogP contribution in [0.5, 0.6) is 0 Å². The molecule has 2 rings (SSSR count). The summed E-state index contributed by atoms with van der Waals surface area (Å²) in [5.41, 5.74) is 0.750. The molecule has 0 aliphatic heterocycles. The van der Waals surface area contributed by atoms with Gasteiger partial charge in [-0.25, -0.2) is 14.4 Å². The van der Waals surface area contributed by atoms with Crippen molar-refractivity contribution in [3.05, 3.63) is 55.8 Å². The van der Waals surface area contributed by atoms with Gasteiger partial charge in [-0.15, -0.1) is 0 Å². The van der Waals surface area contributed by atoms with E-state index in [4.69, 9.17) is 46.4 Å². The van der Waals surface area contributed by atoms with Crippen LogP contribution in [0.2, 0.25) is 20.4 Å². The molecule has 94 valence electrons. The van der Waals surface area contributed by atoms with Crippen molar-refractivity contribution in [1.82, 2.24) is 9.97 Å². The first-order valence-corrected chi connectivity index (χ1v) is 6.30. The number of benzene rings is 1. The fourth-order valence-electron chi connectivity index (χ4n) is 1.35. The van der Waals surface area contributed by atoms with Crippen molar-refractivity contribution in [2.24, 2.45) is 0 Å². The predicted octanol–water partition coefficient (Wildman–Crippen LogP) is 4.82. The molecule has 0 aliphatic rings. The summed E-state index contributed by atoms with van der Waals surface area (Å²) in [5, 5.41) is 0.382. The fourth-order valence-corrected chi connectivity index (χ4v) is 2.25. The van der Waals surface area contributed by atoms with Crippen molar-refractivity contribution >= 4 is 46.4 Å². The molecule has 18 heavy (non-hydrogen) atoms. The van der Waals surface area contributed by atoms with Crippen LogP contribution in [-0.2, 0) is 6.42 Å². The smallest absolute Gasteiger partial charge is 0.197 e. The van der Waals surface area contributed by atoms with Crippen molar-refractivity contribution in [2.45, 2.75) is 6.42 Å². The standard InChI is InChI=1S/C11H5Cl4FN2/c12-6-2-1-5(7(13)4-6)3-8-17-10(14)9(16)11(15)18-8/h1-2,4H,3H2. The molecular formula is C11H5Cl4FN2. The van der Waals surface area contributed by atoms with Gasteiger partial charge in [0.15, 0.2) is 16.1 Å². The van der Waals surface area contributed by atoms with Crippen LogP contribution in [-0.4, -0.2) is 9.97 Å². The average Bonchev–Trinajstić information content (AvgIpc) is 2.29. The number of rotatable bonds is 2. The Bertz CT molecular complexity index is 581. The molecule has 0 radical (unpaired) electrons. The minimum Gasteiger partial charge on any atom is -0.218 e. The lowest BCUT2D eigenvalue weighted by Crippen LogP contribution is -2.00. The highest BCUT2D eigenvalue weighted by atomic mass is 35.5. The molecule has 0 aliphatic carbocycles. The van der Waals surface area contributed by atoms with E-state index < -0.39 is 5.82 Å². The van der Waals surface area contributed by atoms with Crippen LogP contribution in [0.3, 0.4) is 0 Å². The summed E-state index contributed by atoms with van der Waals surface area (Å²) in [6.07, 6.45) is 0.287. The highest BCUT2D eigenvalue weighted by Gasteiger charge is 2.12. The molecule has 0 atom stereocenters. The zero-order valence-corrected chi connectivity index (χ0v) is 11.7. The van der Waals surface area contributed by atoms with Crippen LogP contribution in [0.15, 0.2) is 18.2 Å². The van der Waals surface area contributed by atoms with Crippen LogP contribution in [0.4, 0.5) is 4.39 Å². The molecule has 0 spiro atoms. The predicted molar refractivity (Wildman–Crippen MR) is 71.3 cm³/mol. The minimum atomic E-state index is -0.829. The molecule has 0 amide bonds. The van der Waals surface area contributed by atoms with Gasteiger partial charge in [0.1, 0.15) is 5.82 Å². The van der Waals surface area contributed by atoms with Gasteiger partial charge in [0.25, 0.3) is 0 Å². The van der Waals surface area contributed by atoms with Crippen molar-refractivity contribution in [1.29, 1.82) is 0 Å². The van der Waals surface area contributed by atoms with Gasteiger partial charge < -0.3 is 0 Å². The number of hydrogen-bond acceptors (Lipinski definition) is 2. The Morgan fingerprint density at radius 1 is 1.00 bits per heavy atom. The first kappa shape index (κ1) is 13.8. The van der Waals surface area contributed by atoms with Crippen LogP contribution >= 0.6 is 46.4 Å². The second kappa shape index (κ2) is 5.57. The number of halogens is 5. The Hall–Kier alpha value is -0.610. The van der Waals surface area contributed by atoms with E-state index >= 15 is 0 Å². The molecule has 1 aromatic heterocycles. The fraction of sp³-hybridized carbons (Fsp3) is 0.0909. The van der Waals surface area contributed by atoms with E-state index in [1.165, 1.54) is 0 Å². The van der Waals surface area contributed by atoms with Crippen LogP contribution < -0.4 is 0 Å². The Kier molecular flexibility index (Phi) is 4.28. The molecule has 0 unspecified atom stereocenters. The maximum atomic E-state index is 13.1. The molecule has 1 aromatic carbocycles. The second-order valence-electron chi connectivity index (χ2n) is 3.45. The topological polar surface area (TPSA) is 25.8 Å². The summed E-state index contributed by atoms with van der Waals surface area (Å²) >= 11 is 23.0. The van der Waals surface area contributed by atoms with Gasteiger partial charge in [-0.05, 0) is 17.7 Å². The van der Waals surface area contributed by atoms with E-state index in [9.17, 15) is 4.39 Å². The third kappa shape index (κ3) is 3.04. The largest absolute Gasteiger partial charge is 0.218 e. The number of nitrogens with zero attached hydrogens (tertiary/aromatic N) is 2. The maximum absolute atomic E-state index is 13.1.